The molecule has 1 saturated carbocycles. The number of nitrogens with zero attached hydrogens (tertiary/aromatic N) is 1. The summed E-state index contributed by atoms with van der Waals surface area (Å²) in [6.45, 7) is 1.91. The van der Waals surface area contributed by atoms with E-state index in [2.05, 4.69) is 6.07 Å². The van der Waals surface area contributed by atoms with Crippen LogP contribution in [0.3, 0.4) is 0 Å². The summed E-state index contributed by atoms with van der Waals surface area (Å²) in [7, 11) is 0. The van der Waals surface area contributed by atoms with Crippen LogP contribution in [0.15, 0.2) is 18.2 Å². The van der Waals surface area contributed by atoms with E-state index in [9.17, 15) is 20.0 Å². The monoisotopic (exact) mass is 287 g/mol. The fourth-order valence-corrected chi connectivity index (χ4v) is 2.80. The zero-order valence-electron chi connectivity index (χ0n) is 11.9. The molecule has 1 aliphatic carbocycles. The highest BCUT2D eigenvalue weighted by atomic mass is 16.5. The summed E-state index contributed by atoms with van der Waals surface area (Å²) in [5.41, 5.74) is 0.114. The summed E-state index contributed by atoms with van der Waals surface area (Å²) < 4.78 is 4.93. The molecule has 1 N–H and O–H groups in total. The van der Waals surface area contributed by atoms with Crippen molar-refractivity contribution in [2.75, 3.05) is 6.61 Å². The van der Waals surface area contributed by atoms with E-state index in [1.165, 1.54) is 12.1 Å². The van der Waals surface area contributed by atoms with Crippen LogP contribution in [0, 0.1) is 11.3 Å². The molecule has 0 saturated heterocycles. The molecule has 0 atom stereocenters. The molecule has 0 unspecified atom stereocenters. The molecule has 21 heavy (non-hydrogen) atoms. The highest BCUT2D eigenvalue weighted by molar-refractivity contribution is 5.95. The Morgan fingerprint density at radius 2 is 1.90 bits per heavy atom. The van der Waals surface area contributed by atoms with Crippen molar-refractivity contribution in [2.24, 2.45) is 0 Å². The first-order valence-electron chi connectivity index (χ1n) is 6.99. The van der Waals surface area contributed by atoms with Crippen LogP contribution in [0.1, 0.15) is 58.9 Å². The van der Waals surface area contributed by atoms with Crippen LogP contribution in [0.25, 0.3) is 0 Å². The van der Waals surface area contributed by atoms with Gasteiger partial charge in [-0.2, -0.15) is 5.26 Å². The molecule has 1 aromatic carbocycles. The van der Waals surface area contributed by atoms with Crippen molar-refractivity contribution in [1.29, 1.82) is 5.26 Å². The number of aromatic carboxylic acids is 1. The number of carbonyl (C=O) groups excluding carboxylic acids is 1. The predicted molar refractivity (Wildman–Crippen MR) is 75.1 cm³/mol. The zero-order chi connectivity index (χ0) is 15.5. The minimum Gasteiger partial charge on any atom is -0.478 e. The molecule has 0 aromatic heterocycles. The fraction of sp³-hybridized carbons (Fsp3) is 0.438. The zero-order valence-corrected chi connectivity index (χ0v) is 11.9. The lowest BCUT2D eigenvalue weighted by molar-refractivity contribution is 0.0526. The number of hydrogen-bond acceptors (Lipinski definition) is 4. The molecule has 0 bridgehead atoms. The van der Waals surface area contributed by atoms with Gasteiger partial charge in [0.2, 0.25) is 0 Å². The molecule has 1 aromatic rings. The van der Waals surface area contributed by atoms with Crippen molar-refractivity contribution in [3.05, 3.63) is 34.9 Å². The molecule has 5 nitrogen and oxygen atoms in total. The molecule has 0 radical (unpaired) electrons. The van der Waals surface area contributed by atoms with E-state index in [4.69, 9.17) is 4.74 Å². The van der Waals surface area contributed by atoms with Gasteiger partial charge in [-0.25, -0.2) is 9.59 Å². The maximum absolute atomic E-state index is 11.9. The summed E-state index contributed by atoms with van der Waals surface area (Å²) in [6, 6.07) is 6.70. The third-order valence-electron chi connectivity index (χ3n) is 3.91. The number of esters is 1. The van der Waals surface area contributed by atoms with Gasteiger partial charge < -0.3 is 9.84 Å². The van der Waals surface area contributed by atoms with Gasteiger partial charge in [0, 0.05) is 0 Å². The summed E-state index contributed by atoms with van der Waals surface area (Å²) in [4.78, 5) is 23.1. The highest BCUT2D eigenvalue weighted by Crippen LogP contribution is 2.41. The van der Waals surface area contributed by atoms with E-state index in [1.54, 1.807) is 13.0 Å². The van der Waals surface area contributed by atoms with E-state index >= 15 is 0 Å². The summed E-state index contributed by atoms with van der Waals surface area (Å²) in [6.07, 6.45) is 3.24. The topological polar surface area (TPSA) is 87.4 Å². The van der Waals surface area contributed by atoms with Gasteiger partial charge in [0.1, 0.15) is 0 Å². The van der Waals surface area contributed by atoms with Crippen LogP contribution in [-0.4, -0.2) is 23.7 Å². The van der Waals surface area contributed by atoms with Gasteiger partial charge >= 0.3 is 11.9 Å². The quantitative estimate of drug-likeness (QED) is 0.860. The van der Waals surface area contributed by atoms with Gasteiger partial charge in [-0.15, -0.1) is 0 Å². The number of nitriles is 1. The van der Waals surface area contributed by atoms with E-state index in [0.717, 1.165) is 12.8 Å². The van der Waals surface area contributed by atoms with E-state index < -0.39 is 17.4 Å². The lowest BCUT2D eigenvalue weighted by atomic mass is 9.79. The normalized spacial score (nSPS) is 16.2. The molecule has 0 spiro atoms. The first kappa shape index (κ1) is 15.0. The van der Waals surface area contributed by atoms with Crippen LogP contribution in [-0.2, 0) is 10.2 Å². The van der Waals surface area contributed by atoms with Gasteiger partial charge in [0.15, 0.2) is 0 Å². The number of rotatable bonds is 4. The van der Waals surface area contributed by atoms with Crippen LogP contribution in [0.5, 0.6) is 0 Å². The maximum atomic E-state index is 11.9. The van der Waals surface area contributed by atoms with Crippen LogP contribution in [0.4, 0.5) is 0 Å². The molecule has 2 rings (SSSR count). The highest BCUT2D eigenvalue weighted by Gasteiger charge is 2.36. The Morgan fingerprint density at radius 3 is 2.43 bits per heavy atom. The van der Waals surface area contributed by atoms with E-state index in [-0.39, 0.29) is 17.7 Å². The van der Waals surface area contributed by atoms with Crippen molar-refractivity contribution in [2.45, 2.75) is 38.0 Å². The second-order valence-corrected chi connectivity index (χ2v) is 5.23. The molecular formula is C16H17NO4. The summed E-state index contributed by atoms with van der Waals surface area (Å²) in [5, 5.41) is 18.7. The standard InChI is InChI=1S/C16H17NO4/c1-2-21-15(20)12-7-11(14(18)19)8-13(9-12)16(10-17)5-3-4-6-16/h7-9H,2-6H2,1H3,(H,18,19). The molecule has 0 heterocycles. The third-order valence-corrected chi connectivity index (χ3v) is 3.91. The van der Waals surface area contributed by atoms with Gasteiger partial charge in [0.25, 0.3) is 0 Å². The molecule has 110 valence electrons. The van der Waals surface area contributed by atoms with E-state index in [1.807, 2.05) is 0 Å². The lowest BCUT2D eigenvalue weighted by Gasteiger charge is -2.21. The summed E-state index contributed by atoms with van der Waals surface area (Å²) in [5.74, 6) is -1.68. The van der Waals surface area contributed by atoms with Crippen LogP contribution >= 0.6 is 0 Å². The fourth-order valence-electron chi connectivity index (χ4n) is 2.80. The molecular weight excluding hydrogens is 270 g/mol. The lowest BCUT2D eigenvalue weighted by Crippen LogP contribution is -2.21. The largest absolute Gasteiger partial charge is 0.478 e. The molecule has 5 heteroatoms. The van der Waals surface area contributed by atoms with Gasteiger partial charge in [-0.3, -0.25) is 0 Å². The Kier molecular flexibility index (Phi) is 4.27. The number of ether oxygens (including phenoxy) is 1. The Morgan fingerprint density at radius 1 is 1.29 bits per heavy atom. The second-order valence-electron chi connectivity index (χ2n) is 5.23. The van der Waals surface area contributed by atoms with Gasteiger partial charge in [0.05, 0.1) is 29.2 Å². The Bertz CT molecular complexity index is 609. The molecule has 0 amide bonds. The predicted octanol–water partition coefficient (Wildman–Crippen LogP) is 2.90. The Balaban J connectivity index is 2.53. The number of carboxylic acid groups (broad SMARTS) is 1. The van der Waals surface area contributed by atoms with Crippen molar-refractivity contribution >= 4 is 11.9 Å². The third kappa shape index (κ3) is 2.89. The van der Waals surface area contributed by atoms with Crippen molar-refractivity contribution in [1.82, 2.24) is 0 Å². The number of benzene rings is 1. The molecule has 1 aliphatic rings. The second kappa shape index (κ2) is 5.96. The number of carbonyl (C=O) groups is 2. The SMILES string of the molecule is CCOC(=O)c1cc(C(=O)O)cc(C2(C#N)CCCC2)c1. The minimum atomic E-state index is -1.12. The first-order chi connectivity index (χ1) is 10.0. The Labute approximate surface area is 123 Å². The van der Waals surface area contributed by atoms with Crippen LogP contribution < -0.4 is 0 Å². The average Bonchev–Trinajstić information content (AvgIpc) is 2.97. The first-order valence-corrected chi connectivity index (χ1v) is 6.99. The van der Waals surface area contributed by atoms with Gasteiger partial charge in [-0.1, -0.05) is 12.8 Å². The summed E-state index contributed by atoms with van der Waals surface area (Å²) >= 11 is 0. The van der Waals surface area contributed by atoms with E-state index in [0.29, 0.717) is 18.4 Å². The van der Waals surface area contributed by atoms with Crippen LogP contribution in [0.2, 0.25) is 0 Å². The van der Waals surface area contributed by atoms with Crippen molar-refractivity contribution < 1.29 is 19.4 Å². The van der Waals surface area contributed by atoms with Crippen molar-refractivity contribution in [3.8, 4) is 6.07 Å². The van der Waals surface area contributed by atoms with Gasteiger partial charge in [-0.05, 0) is 43.5 Å². The molecule has 1 fully saturated rings. The average molecular weight is 287 g/mol. The smallest absolute Gasteiger partial charge is 0.338 e. The number of hydrogen-bond donors (Lipinski definition) is 1. The van der Waals surface area contributed by atoms with Crippen molar-refractivity contribution in [3.63, 3.8) is 0 Å². The minimum absolute atomic E-state index is 0.0112. The number of carboxylic acids is 1. The molecule has 0 aliphatic heterocycles. The maximum Gasteiger partial charge on any atom is 0.338 e. The Hall–Kier alpha value is -2.35.